The second kappa shape index (κ2) is 8.89. The van der Waals surface area contributed by atoms with Gasteiger partial charge in [-0.15, -0.1) is 0 Å². The molecule has 0 radical (unpaired) electrons. The van der Waals surface area contributed by atoms with E-state index < -0.39 is 29.5 Å². The van der Waals surface area contributed by atoms with Gasteiger partial charge in [0.05, 0.1) is 23.8 Å². The van der Waals surface area contributed by atoms with Crippen LogP contribution in [0.3, 0.4) is 0 Å². The molecule has 0 aliphatic carbocycles. The molecule has 24 heavy (non-hydrogen) atoms. The van der Waals surface area contributed by atoms with Gasteiger partial charge < -0.3 is 15.0 Å². The third kappa shape index (κ3) is 4.53. The Kier molecular flexibility index (Phi) is 7.78. The molecule has 1 aromatic carbocycles. The van der Waals surface area contributed by atoms with Gasteiger partial charge in [-0.1, -0.05) is 18.5 Å². The first-order valence-electron chi connectivity index (χ1n) is 6.69. The SMILES string of the molecule is CCc1c(CC(=O)O)c(=O)c(C(=O)[O-])nn1-c1ccc(Cl)cc1.[K+]. The molecule has 0 spiro atoms. The number of rotatable bonds is 5. The number of hydrogen-bond acceptors (Lipinski definition) is 5. The van der Waals surface area contributed by atoms with E-state index in [1.165, 1.54) is 4.68 Å². The van der Waals surface area contributed by atoms with Crippen molar-refractivity contribution in [1.29, 1.82) is 0 Å². The van der Waals surface area contributed by atoms with Gasteiger partial charge in [-0.2, -0.15) is 5.10 Å². The molecule has 1 aromatic heterocycles. The average Bonchev–Trinajstić information content (AvgIpc) is 2.49. The van der Waals surface area contributed by atoms with Crippen LogP contribution in [0.1, 0.15) is 28.7 Å². The molecule has 120 valence electrons. The fourth-order valence-corrected chi connectivity index (χ4v) is 2.36. The van der Waals surface area contributed by atoms with Gasteiger partial charge in [-0.05, 0) is 30.7 Å². The third-order valence-corrected chi connectivity index (χ3v) is 3.47. The van der Waals surface area contributed by atoms with Crippen molar-refractivity contribution >= 4 is 23.5 Å². The van der Waals surface area contributed by atoms with Crippen LogP contribution in [0.25, 0.3) is 5.69 Å². The number of carboxylic acids is 2. The van der Waals surface area contributed by atoms with Crippen molar-refractivity contribution in [3.63, 3.8) is 0 Å². The second-order valence-corrected chi connectivity index (χ2v) is 5.14. The van der Waals surface area contributed by atoms with Crippen molar-refractivity contribution in [1.82, 2.24) is 9.78 Å². The number of benzene rings is 1. The minimum atomic E-state index is -1.76. The number of aromatic nitrogens is 2. The molecule has 0 amide bonds. The first-order chi connectivity index (χ1) is 10.8. The second-order valence-electron chi connectivity index (χ2n) is 4.70. The molecule has 1 N–H and O–H groups in total. The standard InChI is InChI=1S/C15H13ClN2O5.K/c1-2-11-10(7-12(19)20)14(21)13(15(22)23)17-18(11)9-5-3-8(16)4-6-9;/h3-6H,2,7H2,1H3,(H,19,20)(H,22,23);/q;+1/p-1. The topological polar surface area (TPSA) is 112 Å². The first-order valence-corrected chi connectivity index (χ1v) is 7.07. The summed E-state index contributed by atoms with van der Waals surface area (Å²) < 4.78 is 1.24. The summed E-state index contributed by atoms with van der Waals surface area (Å²) in [5.41, 5.74) is -1.10. The Balaban J connectivity index is 0.00000288. The van der Waals surface area contributed by atoms with E-state index in [0.717, 1.165) is 0 Å². The number of aromatic carboxylic acids is 1. The fourth-order valence-electron chi connectivity index (χ4n) is 2.23. The Morgan fingerprint density at radius 1 is 1.29 bits per heavy atom. The molecule has 0 saturated carbocycles. The molecule has 0 saturated heterocycles. The predicted octanol–water partition coefficient (Wildman–Crippen LogP) is -2.56. The van der Waals surface area contributed by atoms with Crippen molar-refractivity contribution in [3.8, 4) is 5.69 Å². The summed E-state index contributed by atoms with van der Waals surface area (Å²) in [7, 11) is 0. The molecule has 9 heteroatoms. The summed E-state index contributed by atoms with van der Waals surface area (Å²) in [5, 5.41) is 24.4. The predicted molar refractivity (Wildman–Crippen MR) is 79.9 cm³/mol. The normalized spacial score (nSPS) is 10.1. The van der Waals surface area contributed by atoms with Crippen LogP contribution in [0.4, 0.5) is 0 Å². The van der Waals surface area contributed by atoms with Crippen LogP contribution in [-0.4, -0.2) is 26.8 Å². The van der Waals surface area contributed by atoms with Crippen molar-refractivity contribution in [2.75, 3.05) is 0 Å². The summed E-state index contributed by atoms with van der Waals surface area (Å²) >= 11 is 5.82. The Labute approximate surface area is 184 Å². The van der Waals surface area contributed by atoms with Crippen LogP contribution < -0.4 is 61.9 Å². The minimum absolute atomic E-state index is 0. The van der Waals surface area contributed by atoms with Crippen LogP contribution in [0, 0.1) is 0 Å². The number of halogens is 1. The van der Waals surface area contributed by atoms with E-state index in [0.29, 0.717) is 22.8 Å². The third-order valence-electron chi connectivity index (χ3n) is 3.22. The number of carbonyl (C=O) groups excluding carboxylic acids is 1. The number of nitrogens with zero attached hydrogens (tertiary/aromatic N) is 2. The summed E-state index contributed by atoms with van der Waals surface area (Å²) in [6.45, 7) is 1.72. The van der Waals surface area contributed by atoms with Crippen molar-refractivity contribution in [2.24, 2.45) is 0 Å². The van der Waals surface area contributed by atoms with Crippen LogP contribution in [-0.2, 0) is 17.6 Å². The van der Waals surface area contributed by atoms with Gasteiger partial charge in [0.25, 0.3) is 0 Å². The maximum Gasteiger partial charge on any atom is 1.00 e. The van der Waals surface area contributed by atoms with E-state index >= 15 is 0 Å². The van der Waals surface area contributed by atoms with Gasteiger partial charge in [-0.3, -0.25) is 9.59 Å². The summed E-state index contributed by atoms with van der Waals surface area (Å²) in [6.07, 6.45) is -0.306. The van der Waals surface area contributed by atoms with Crippen LogP contribution in [0.2, 0.25) is 5.02 Å². The van der Waals surface area contributed by atoms with Crippen molar-refractivity contribution in [3.05, 3.63) is 56.5 Å². The van der Waals surface area contributed by atoms with Gasteiger partial charge in [0.2, 0.25) is 5.43 Å². The molecule has 7 nitrogen and oxygen atoms in total. The maximum atomic E-state index is 12.2. The van der Waals surface area contributed by atoms with Gasteiger partial charge >= 0.3 is 57.4 Å². The molecular weight excluding hydrogens is 363 g/mol. The fraction of sp³-hybridized carbons (Fsp3) is 0.200. The molecule has 0 unspecified atom stereocenters. The van der Waals surface area contributed by atoms with Crippen molar-refractivity contribution in [2.45, 2.75) is 19.8 Å². The van der Waals surface area contributed by atoms with Gasteiger partial charge in [-0.25, -0.2) is 4.68 Å². The van der Waals surface area contributed by atoms with E-state index in [9.17, 15) is 19.5 Å². The number of carboxylic acid groups (broad SMARTS) is 2. The van der Waals surface area contributed by atoms with Crippen LogP contribution in [0.5, 0.6) is 0 Å². The number of aliphatic carboxylic acids is 1. The molecule has 0 aliphatic heterocycles. The Morgan fingerprint density at radius 2 is 1.88 bits per heavy atom. The molecule has 2 rings (SSSR count). The summed E-state index contributed by atoms with van der Waals surface area (Å²) in [6, 6.07) is 6.32. The molecule has 0 aliphatic rings. The zero-order chi connectivity index (χ0) is 17.1. The Morgan fingerprint density at radius 3 is 2.33 bits per heavy atom. The Bertz CT molecular complexity index is 833. The quantitative estimate of drug-likeness (QED) is 0.576. The number of hydrogen-bond donors (Lipinski definition) is 1. The van der Waals surface area contributed by atoms with Gasteiger partial charge in [0.1, 0.15) is 0 Å². The van der Waals surface area contributed by atoms with E-state index in [4.69, 9.17) is 16.7 Å². The zero-order valence-electron chi connectivity index (χ0n) is 13.1. The van der Waals surface area contributed by atoms with E-state index in [2.05, 4.69) is 5.10 Å². The first kappa shape index (κ1) is 21.0. The van der Waals surface area contributed by atoms with Crippen LogP contribution >= 0.6 is 11.6 Å². The molecule has 0 fully saturated rings. The number of carbonyl (C=O) groups is 2. The smallest absolute Gasteiger partial charge is 0.543 e. The van der Waals surface area contributed by atoms with E-state index in [1.807, 2.05) is 0 Å². The molecule has 0 bridgehead atoms. The Hall–Kier alpha value is -1.03. The molecule has 0 atom stereocenters. The molecule has 2 aromatic rings. The summed E-state index contributed by atoms with van der Waals surface area (Å²) in [4.78, 5) is 34.3. The van der Waals surface area contributed by atoms with Gasteiger partial charge in [0.15, 0.2) is 5.69 Å². The molecule has 1 heterocycles. The summed E-state index contributed by atoms with van der Waals surface area (Å²) in [5.74, 6) is -3.00. The monoisotopic (exact) mass is 374 g/mol. The largest absolute Gasteiger partial charge is 1.00 e. The van der Waals surface area contributed by atoms with E-state index in [-0.39, 0.29) is 56.9 Å². The van der Waals surface area contributed by atoms with Crippen molar-refractivity contribution < 1.29 is 71.2 Å². The van der Waals surface area contributed by atoms with Gasteiger partial charge in [0, 0.05) is 10.6 Å². The van der Waals surface area contributed by atoms with Crippen LogP contribution in [0.15, 0.2) is 29.1 Å². The van der Waals surface area contributed by atoms with E-state index in [1.54, 1.807) is 31.2 Å². The average molecular weight is 375 g/mol. The zero-order valence-corrected chi connectivity index (χ0v) is 17.0. The molecular formula is C15H12ClKN2O5. The maximum absolute atomic E-state index is 12.2. The minimum Gasteiger partial charge on any atom is -0.543 e.